The third-order valence-electron chi connectivity index (χ3n) is 1.65. The van der Waals surface area contributed by atoms with Crippen molar-refractivity contribution < 1.29 is 9.90 Å². The van der Waals surface area contributed by atoms with Gasteiger partial charge in [-0.15, -0.1) is 11.3 Å². The van der Waals surface area contributed by atoms with Gasteiger partial charge >= 0.3 is 5.97 Å². The fourth-order valence-corrected chi connectivity index (χ4v) is 1.59. The fraction of sp³-hybridized carbons (Fsp3) is 0.125. The van der Waals surface area contributed by atoms with Gasteiger partial charge in [0.1, 0.15) is 0 Å². The van der Waals surface area contributed by atoms with E-state index in [0.717, 1.165) is 0 Å². The second-order valence-electron chi connectivity index (χ2n) is 2.71. The molecule has 0 aliphatic rings. The zero-order valence-electron chi connectivity index (χ0n) is 7.12. The number of hydrogen-bond donors (Lipinski definition) is 1. The summed E-state index contributed by atoms with van der Waals surface area (Å²) in [5.41, 5.74) is 2.37. The quantitative estimate of drug-likeness (QED) is 0.817. The zero-order valence-corrected chi connectivity index (χ0v) is 7.94. The molecule has 0 atom stereocenters. The van der Waals surface area contributed by atoms with Crippen molar-refractivity contribution in [3.63, 3.8) is 0 Å². The maximum absolute atomic E-state index is 10.4. The SMILES string of the molecule is O=C(O)Cc1cnn(-c2cscn2)c1. The second-order valence-corrected chi connectivity index (χ2v) is 3.43. The minimum Gasteiger partial charge on any atom is -0.481 e. The predicted octanol–water partition coefficient (Wildman–Crippen LogP) is 0.956. The van der Waals surface area contributed by atoms with Crippen molar-refractivity contribution in [3.8, 4) is 5.82 Å². The van der Waals surface area contributed by atoms with Gasteiger partial charge in [-0.05, 0) is 0 Å². The highest BCUT2D eigenvalue weighted by atomic mass is 32.1. The standard InChI is InChI=1S/C8H7N3O2S/c12-8(13)1-6-2-10-11(3-6)7-4-14-5-9-7/h2-5H,1H2,(H,12,13). The molecule has 0 unspecified atom stereocenters. The summed E-state index contributed by atoms with van der Waals surface area (Å²) in [4.78, 5) is 14.5. The van der Waals surface area contributed by atoms with Crippen LogP contribution in [0.2, 0.25) is 0 Å². The summed E-state index contributed by atoms with van der Waals surface area (Å²) in [6.45, 7) is 0. The average molecular weight is 209 g/mol. The number of nitrogens with zero attached hydrogens (tertiary/aromatic N) is 3. The lowest BCUT2D eigenvalue weighted by Gasteiger charge is -1.92. The Balaban J connectivity index is 2.22. The number of hydrogen-bond acceptors (Lipinski definition) is 4. The number of aliphatic carboxylic acids is 1. The van der Waals surface area contributed by atoms with Gasteiger partial charge in [-0.3, -0.25) is 4.79 Å². The molecule has 0 fully saturated rings. The van der Waals surface area contributed by atoms with Crippen molar-refractivity contribution in [3.05, 3.63) is 28.8 Å². The Labute approximate surface area is 83.6 Å². The van der Waals surface area contributed by atoms with Crippen molar-refractivity contribution in [2.45, 2.75) is 6.42 Å². The lowest BCUT2D eigenvalue weighted by atomic mass is 10.3. The largest absolute Gasteiger partial charge is 0.481 e. The highest BCUT2D eigenvalue weighted by Gasteiger charge is 2.05. The summed E-state index contributed by atoms with van der Waals surface area (Å²) in [6.07, 6.45) is 3.20. The molecular formula is C8H7N3O2S. The second kappa shape index (κ2) is 3.59. The van der Waals surface area contributed by atoms with Gasteiger partial charge < -0.3 is 5.11 Å². The van der Waals surface area contributed by atoms with Gasteiger partial charge in [-0.25, -0.2) is 9.67 Å². The monoisotopic (exact) mass is 209 g/mol. The van der Waals surface area contributed by atoms with Gasteiger partial charge in [0.15, 0.2) is 5.82 Å². The van der Waals surface area contributed by atoms with Crippen LogP contribution < -0.4 is 0 Å². The van der Waals surface area contributed by atoms with Gasteiger partial charge in [0, 0.05) is 17.1 Å². The van der Waals surface area contributed by atoms with E-state index in [1.807, 2.05) is 5.38 Å². The molecule has 6 heteroatoms. The third kappa shape index (κ3) is 1.80. The highest BCUT2D eigenvalue weighted by Crippen LogP contribution is 2.08. The van der Waals surface area contributed by atoms with Crippen molar-refractivity contribution in [2.24, 2.45) is 0 Å². The van der Waals surface area contributed by atoms with E-state index in [1.165, 1.54) is 17.5 Å². The smallest absolute Gasteiger partial charge is 0.307 e. The summed E-state index contributed by atoms with van der Waals surface area (Å²) in [7, 11) is 0. The molecule has 14 heavy (non-hydrogen) atoms. The van der Waals surface area contributed by atoms with Gasteiger partial charge in [0.25, 0.3) is 0 Å². The van der Waals surface area contributed by atoms with E-state index >= 15 is 0 Å². The Morgan fingerprint density at radius 3 is 3.14 bits per heavy atom. The predicted molar refractivity (Wildman–Crippen MR) is 50.6 cm³/mol. The molecule has 2 rings (SSSR count). The molecule has 0 amide bonds. The summed E-state index contributed by atoms with van der Waals surface area (Å²) in [5, 5.41) is 14.4. The van der Waals surface area contributed by atoms with E-state index < -0.39 is 5.97 Å². The minimum absolute atomic E-state index is 0.00978. The molecular weight excluding hydrogens is 202 g/mol. The molecule has 72 valence electrons. The summed E-state index contributed by atoms with van der Waals surface area (Å²) in [5.74, 6) is -0.144. The zero-order chi connectivity index (χ0) is 9.97. The first-order valence-electron chi connectivity index (χ1n) is 3.89. The first-order valence-corrected chi connectivity index (χ1v) is 4.84. The van der Waals surface area contributed by atoms with E-state index in [0.29, 0.717) is 11.4 Å². The fourth-order valence-electron chi connectivity index (χ4n) is 1.07. The van der Waals surface area contributed by atoms with Gasteiger partial charge in [-0.1, -0.05) is 0 Å². The normalized spacial score (nSPS) is 10.3. The first-order chi connectivity index (χ1) is 6.75. The van der Waals surface area contributed by atoms with Crippen LogP contribution in [0.3, 0.4) is 0 Å². The van der Waals surface area contributed by atoms with Crippen LogP contribution in [-0.4, -0.2) is 25.8 Å². The van der Waals surface area contributed by atoms with Crippen LogP contribution in [0.4, 0.5) is 0 Å². The summed E-state index contributed by atoms with van der Waals surface area (Å²) < 4.78 is 1.56. The number of carboxylic acids is 1. The van der Waals surface area contributed by atoms with E-state index in [2.05, 4.69) is 10.1 Å². The lowest BCUT2D eigenvalue weighted by molar-refractivity contribution is -0.136. The molecule has 5 nitrogen and oxygen atoms in total. The Hall–Kier alpha value is -1.69. The highest BCUT2D eigenvalue weighted by molar-refractivity contribution is 7.07. The lowest BCUT2D eigenvalue weighted by Crippen LogP contribution is -1.98. The van der Waals surface area contributed by atoms with Crippen molar-refractivity contribution in [1.29, 1.82) is 0 Å². The van der Waals surface area contributed by atoms with Crippen LogP contribution in [0.25, 0.3) is 5.82 Å². The van der Waals surface area contributed by atoms with E-state index in [4.69, 9.17) is 5.11 Å². The molecule has 2 aromatic heterocycles. The van der Waals surface area contributed by atoms with Crippen molar-refractivity contribution in [1.82, 2.24) is 14.8 Å². The van der Waals surface area contributed by atoms with E-state index in [-0.39, 0.29) is 6.42 Å². The molecule has 0 saturated carbocycles. The van der Waals surface area contributed by atoms with Crippen LogP contribution in [-0.2, 0) is 11.2 Å². The Morgan fingerprint density at radius 2 is 2.50 bits per heavy atom. The average Bonchev–Trinajstić information content (AvgIpc) is 2.69. The molecule has 0 aliphatic carbocycles. The number of carbonyl (C=O) groups is 1. The number of aromatic nitrogens is 3. The van der Waals surface area contributed by atoms with E-state index in [9.17, 15) is 4.79 Å². The number of carboxylic acid groups (broad SMARTS) is 1. The summed E-state index contributed by atoms with van der Waals surface area (Å²) in [6, 6.07) is 0. The molecule has 0 spiro atoms. The van der Waals surface area contributed by atoms with Crippen LogP contribution >= 0.6 is 11.3 Å². The number of thiazole rings is 1. The molecule has 2 aromatic rings. The van der Waals surface area contributed by atoms with Gasteiger partial charge in [0.05, 0.1) is 18.1 Å². The van der Waals surface area contributed by atoms with E-state index in [1.54, 1.807) is 16.4 Å². The first kappa shape index (κ1) is 8.89. The van der Waals surface area contributed by atoms with Crippen LogP contribution in [0, 0.1) is 0 Å². The van der Waals surface area contributed by atoms with Crippen LogP contribution in [0.5, 0.6) is 0 Å². The molecule has 2 heterocycles. The molecule has 0 radical (unpaired) electrons. The maximum Gasteiger partial charge on any atom is 0.307 e. The molecule has 0 aromatic carbocycles. The Kier molecular flexibility index (Phi) is 2.28. The molecule has 0 aliphatic heterocycles. The maximum atomic E-state index is 10.4. The summed E-state index contributed by atoms with van der Waals surface area (Å²) >= 11 is 1.47. The number of rotatable bonds is 3. The van der Waals surface area contributed by atoms with Crippen molar-refractivity contribution in [2.75, 3.05) is 0 Å². The Bertz CT molecular complexity index is 435. The molecule has 0 saturated heterocycles. The molecule has 0 bridgehead atoms. The topological polar surface area (TPSA) is 68.0 Å². The van der Waals surface area contributed by atoms with Crippen molar-refractivity contribution >= 4 is 17.3 Å². The van der Waals surface area contributed by atoms with Crippen LogP contribution in [0.1, 0.15) is 5.56 Å². The van der Waals surface area contributed by atoms with Crippen LogP contribution in [0.15, 0.2) is 23.3 Å². The third-order valence-corrected chi connectivity index (χ3v) is 2.22. The van der Waals surface area contributed by atoms with Gasteiger partial charge in [0.2, 0.25) is 0 Å². The minimum atomic E-state index is -0.858. The molecule has 1 N–H and O–H groups in total. The Morgan fingerprint density at radius 1 is 1.64 bits per heavy atom. The van der Waals surface area contributed by atoms with Gasteiger partial charge in [-0.2, -0.15) is 5.10 Å².